The lowest BCUT2D eigenvalue weighted by molar-refractivity contribution is 0.559. The predicted octanol–water partition coefficient (Wildman–Crippen LogP) is 2.25. The van der Waals surface area contributed by atoms with Crippen molar-refractivity contribution in [2.24, 2.45) is 5.92 Å². The smallest absolute Gasteiger partial charge is 0.254 e. The van der Waals surface area contributed by atoms with Crippen LogP contribution in [0.25, 0.3) is 5.78 Å². The molecule has 96 valence electrons. The Kier molecular flexibility index (Phi) is 3.07. The standard InChI is InChI=1S/C12H16ClN5/c1-8-5-11(18-12(16-8)14-7-15-18)17-10-4-2-3-9(10)6-13/h5,7,9-10,17H,2-4,6H2,1H3. The van der Waals surface area contributed by atoms with Crippen molar-refractivity contribution >= 4 is 23.2 Å². The Bertz CT molecular complexity index is 552. The van der Waals surface area contributed by atoms with Gasteiger partial charge in [-0.15, -0.1) is 11.6 Å². The van der Waals surface area contributed by atoms with Gasteiger partial charge in [0, 0.05) is 23.7 Å². The van der Waals surface area contributed by atoms with E-state index in [-0.39, 0.29) is 0 Å². The first-order valence-corrected chi connectivity index (χ1v) is 6.81. The Hall–Kier alpha value is -1.36. The number of nitrogens with one attached hydrogen (secondary N) is 1. The molecule has 0 amide bonds. The largest absolute Gasteiger partial charge is 0.367 e. The van der Waals surface area contributed by atoms with Gasteiger partial charge in [-0.1, -0.05) is 6.42 Å². The zero-order chi connectivity index (χ0) is 12.5. The summed E-state index contributed by atoms with van der Waals surface area (Å²) in [6.07, 6.45) is 5.13. The molecule has 1 aliphatic rings. The molecule has 0 spiro atoms. The second-order valence-electron chi connectivity index (χ2n) is 4.85. The van der Waals surface area contributed by atoms with Crippen LogP contribution in [0.5, 0.6) is 0 Å². The van der Waals surface area contributed by atoms with Crippen LogP contribution >= 0.6 is 11.6 Å². The summed E-state index contributed by atoms with van der Waals surface area (Å²) in [5.41, 5.74) is 0.943. The maximum absolute atomic E-state index is 6.01. The van der Waals surface area contributed by atoms with Gasteiger partial charge in [-0.3, -0.25) is 0 Å². The fourth-order valence-corrected chi connectivity index (χ4v) is 3.00. The van der Waals surface area contributed by atoms with Crippen molar-refractivity contribution in [2.45, 2.75) is 32.2 Å². The van der Waals surface area contributed by atoms with Gasteiger partial charge >= 0.3 is 0 Å². The van der Waals surface area contributed by atoms with E-state index in [1.165, 1.54) is 19.2 Å². The minimum absolute atomic E-state index is 0.427. The van der Waals surface area contributed by atoms with Gasteiger partial charge in [0.2, 0.25) is 0 Å². The van der Waals surface area contributed by atoms with E-state index >= 15 is 0 Å². The van der Waals surface area contributed by atoms with Crippen LogP contribution in [0.4, 0.5) is 5.82 Å². The third kappa shape index (κ3) is 2.03. The van der Waals surface area contributed by atoms with Gasteiger partial charge in [-0.05, 0) is 25.7 Å². The lowest BCUT2D eigenvalue weighted by atomic mass is 10.1. The topological polar surface area (TPSA) is 55.1 Å². The summed E-state index contributed by atoms with van der Waals surface area (Å²) in [6, 6.07) is 2.43. The van der Waals surface area contributed by atoms with E-state index in [9.17, 15) is 0 Å². The van der Waals surface area contributed by atoms with Crippen LogP contribution in [-0.4, -0.2) is 31.5 Å². The van der Waals surface area contributed by atoms with Gasteiger partial charge < -0.3 is 5.32 Å². The lowest BCUT2D eigenvalue weighted by Crippen LogP contribution is -2.26. The Labute approximate surface area is 111 Å². The second kappa shape index (κ2) is 4.72. The van der Waals surface area contributed by atoms with Crippen molar-refractivity contribution in [1.29, 1.82) is 0 Å². The molecule has 0 saturated heterocycles. The zero-order valence-corrected chi connectivity index (χ0v) is 11.1. The van der Waals surface area contributed by atoms with Gasteiger partial charge in [0.1, 0.15) is 12.1 Å². The van der Waals surface area contributed by atoms with Crippen LogP contribution < -0.4 is 5.32 Å². The number of fused-ring (bicyclic) bond motifs is 1. The molecule has 5 nitrogen and oxygen atoms in total. The molecule has 2 unspecified atom stereocenters. The van der Waals surface area contributed by atoms with E-state index in [0.717, 1.165) is 17.9 Å². The molecular formula is C12H16ClN5. The normalized spacial score (nSPS) is 23.7. The Morgan fingerprint density at radius 3 is 3.22 bits per heavy atom. The van der Waals surface area contributed by atoms with E-state index < -0.39 is 0 Å². The third-order valence-electron chi connectivity index (χ3n) is 3.57. The molecule has 0 aliphatic heterocycles. The van der Waals surface area contributed by atoms with Crippen molar-refractivity contribution in [3.05, 3.63) is 18.1 Å². The summed E-state index contributed by atoms with van der Waals surface area (Å²) in [4.78, 5) is 8.46. The van der Waals surface area contributed by atoms with Gasteiger partial charge in [0.25, 0.3) is 5.78 Å². The highest BCUT2D eigenvalue weighted by Crippen LogP contribution is 2.29. The third-order valence-corrected chi connectivity index (χ3v) is 3.97. The number of rotatable bonds is 3. The minimum Gasteiger partial charge on any atom is -0.367 e. The van der Waals surface area contributed by atoms with Gasteiger partial charge in [0.15, 0.2) is 0 Å². The van der Waals surface area contributed by atoms with Gasteiger partial charge in [0.05, 0.1) is 0 Å². The van der Waals surface area contributed by atoms with Crippen molar-refractivity contribution < 1.29 is 0 Å². The van der Waals surface area contributed by atoms with Crippen molar-refractivity contribution in [3.8, 4) is 0 Å². The SMILES string of the molecule is Cc1cc(NC2CCCC2CCl)n2ncnc2n1. The minimum atomic E-state index is 0.427. The maximum Gasteiger partial charge on any atom is 0.254 e. The monoisotopic (exact) mass is 265 g/mol. The number of aryl methyl sites for hydroxylation is 1. The van der Waals surface area contributed by atoms with Crippen LogP contribution in [0.2, 0.25) is 0 Å². The van der Waals surface area contributed by atoms with Crippen molar-refractivity contribution in [2.75, 3.05) is 11.2 Å². The van der Waals surface area contributed by atoms with Crippen molar-refractivity contribution in [3.63, 3.8) is 0 Å². The van der Waals surface area contributed by atoms with Gasteiger partial charge in [-0.2, -0.15) is 14.6 Å². The maximum atomic E-state index is 6.01. The highest BCUT2D eigenvalue weighted by atomic mass is 35.5. The summed E-state index contributed by atoms with van der Waals surface area (Å²) in [6.45, 7) is 1.97. The molecule has 3 rings (SSSR count). The Morgan fingerprint density at radius 2 is 2.39 bits per heavy atom. The highest BCUT2D eigenvalue weighted by molar-refractivity contribution is 6.18. The van der Waals surface area contributed by atoms with E-state index in [2.05, 4.69) is 20.4 Å². The molecule has 2 aromatic heterocycles. The summed E-state index contributed by atoms with van der Waals surface area (Å²) >= 11 is 6.01. The van der Waals surface area contributed by atoms with E-state index in [4.69, 9.17) is 11.6 Å². The number of halogens is 1. The molecule has 2 atom stereocenters. The molecule has 18 heavy (non-hydrogen) atoms. The van der Waals surface area contributed by atoms with Crippen LogP contribution in [-0.2, 0) is 0 Å². The molecule has 2 aromatic rings. The number of aromatic nitrogens is 4. The van der Waals surface area contributed by atoms with Crippen LogP contribution in [0, 0.1) is 12.8 Å². The number of hydrogen-bond donors (Lipinski definition) is 1. The van der Waals surface area contributed by atoms with Crippen LogP contribution in [0.1, 0.15) is 25.0 Å². The van der Waals surface area contributed by atoms with Crippen LogP contribution in [0.15, 0.2) is 12.4 Å². The number of alkyl halides is 1. The van der Waals surface area contributed by atoms with Gasteiger partial charge in [-0.25, -0.2) is 4.98 Å². The zero-order valence-electron chi connectivity index (χ0n) is 10.3. The fourth-order valence-electron chi connectivity index (χ4n) is 2.63. The summed E-state index contributed by atoms with van der Waals surface area (Å²) in [5.74, 6) is 2.84. The Balaban J connectivity index is 1.92. The lowest BCUT2D eigenvalue weighted by Gasteiger charge is -2.20. The summed E-state index contributed by atoms with van der Waals surface area (Å²) in [5, 5.41) is 7.75. The molecule has 1 N–H and O–H groups in total. The molecule has 0 bridgehead atoms. The fraction of sp³-hybridized carbons (Fsp3) is 0.583. The number of anilines is 1. The second-order valence-corrected chi connectivity index (χ2v) is 5.16. The first kappa shape index (κ1) is 11.7. The van der Waals surface area contributed by atoms with Crippen LogP contribution in [0.3, 0.4) is 0 Å². The molecule has 1 saturated carbocycles. The van der Waals surface area contributed by atoms with E-state index in [0.29, 0.717) is 23.6 Å². The first-order valence-electron chi connectivity index (χ1n) is 6.28. The number of nitrogens with zero attached hydrogens (tertiary/aromatic N) is 4. The quantitative estimate of drug-likeness (QED) is 0.865. The molecule has 1 fully saturated rings. The Morgan fingerprint density at radius 1 is 1.50 bits per heavy atom. The van der Waals surface area contributed by atoms with E-state index in [1.807, 2.05) is 13.0 Å². The average Bonchev–Trinajstić information content (AvgIpc) is 2.96. The van der Waals surface area contributed by atoms with E-state index in [1.54, 1.807) is 4.52 Å². The molecule has 0 radical (unpaired) electrons. The summed E-state index contributed by atoms with van der Waals surface area (Å²) in [7, 11) is 0. The molecule has 0 aromatic carbocycles. The predicted molar refractivity (Wildman–Crippen MR) is 71.0 cm³/mol. The molecular weight excluding hydrogens is 250 g/mol. The molecule has 2 heterocycles. The first-order chi connectivity index (χ1) is 8.78. The molecule has 1 aliphatic carbocycles. The average molecular weight is 266 g/mol. The molecule has 6 heteroatoms. The highest BCUT2D eigenvalue weighted by Gasteiger charge is 2.27. The summed E-state index contributed by atoms with van der Waals surface area (Å²) < 4.78 is 1.75. The number of hydrogen-bond acceptors (Lipinski definition) is 4. The van der Waals surface area contributed by atoms with Crippen molar-refractivity contribution in [1.82, 2.24) is 19.6 Å².